The van der Waals surface area contributed by atoms with E-state index in [0.29, 0.717) is 0 Å². The van der Waals surface area contributed by atoms with Gasteiger partial charge in [-0.25, -0.2) is 9.78 Å². The Labute approximate surface area is 101 Å². The minimum Gasteiger partial charge on any atom is -0.330 e. The molecule has 1 amide bonds. The van der Waals surface area contributed by atoms with Crippen molar-refractivity contribution in [3.05, 3.63) is 54.1 Å². The maximum absolute atomic E-state index is 11.7. The molecule has 0 aliphatic carbocycles. The van der Waals surface area contributed by atoms with E-state index in [1.807, 2.05) is 30.3 Å². The van der Waals surface area contributed by atoms with Crippen LogP contribution < -0.4 is 0 Å². The predicted molar refractivity (Wildman–Crippen MR) is 66.0 cm³/mol. The summed E-state index contributed by atoms with van der Waals surface area (Å²) < 4.78 is 1.50. The molecule has 1 heterocycles. The molecule has 4 heteroatoms. The largest absolute Gasteiger partial charge is 0.330 e. The van der Waals surface area contributed by atoms with Crippen LogP contribution in [-0.4, -0.2) is 34.6 Å². The second kappa shape index (κ2) is 4.82. The van der Waals surface area contributed by atoms with Crippen LogP contribution in [0, 0.1) is 0 Å². The minimum absolute atomic E-state index is 0.0863. The molecule has 0 atom stereocenters. The molecule has 0 radical (unpaired) electrons. The van der Waals surface area contributed by atoms with Gasteiger partial charge in [-0.15, -0.1) is 0 Å². The summed E-state index contributed by atoms with van der Waals surface area (Å²) in [6, 6.07) is 9.99. The first kappa shape index (κ1) is 11.4. The maximum atomic E-state index is 11.7. The Morgan fingerprint density at radius 2 is 2.00 bits per heavy atom. The van der Waals surface area contributed by atoms with Gasteiger partial charge in [-0.3, -0.25) is 4.57 Å². The normalized spacial score (nSPS) is 10.2. The van der Waals surface area contributed by atoms with Crippen LogP contribution in [0.1, 0.15) is 11.3 Å². The second-order valence-corrected chi connectivity index (χ2v) is 4.11. The number of amides is 1. The number of hydrogen-bond acceptors (Lipinski definition) is 2. The zero-order chi connectivity index (χ0) is 12.3. The minimum atomic E-state index is -0.0863. The molecular formula is C13H15N3O. The molecule has 0 saturated heterocycles. The zero-order valence-electron chi connectivity index (χ0n) is 10.00. The number of hydrogen-bond donors (Lipinski definition) is 0. The summed E-state index contributed by atoms with van der Waals surface area (Å²) in [5.74, 6) is 0. The van der Waals surface area contributed by atoms with E-state index in [0.717, 1.165) is 12.1 Å². The molecule has 1 aromatic heterocycles. The molecule has 0 spiro atoms. The van der Waals surface area contributed by atoms with Gasteiger partial charge in [-0.05, 0) is 5.56 Å². The van der Waals surface area contributed by atoms with E-state index in [9.17, 15) is 4.79 Å². The molecule has 2 aromatic rings. The summed E-state index contributed by atoms with van der Waals surface area (Å²) >= 11 is 0. The van der Waals surface area contributed by atoms with Crippen LogP contribution in [0.15, 0.2) is 42.9 Å². The van der Waals surface area contributed by atoms with Gasteiger partial charge in [-0.1, -0.05) is 30.3 Å². The number of carbonyl (C=O) groups excluding carboxylic acids is 1. The van der Waals surface area contributed by atoms with Gasteiger partial charge in [0.2, 0.25) is 0 Å². The Hall–Kier alpha value is -2.10. The molecule has 88 valence electrons. The molecule has 17 heavy (non-hydrogen) atoms. The second-order valence-electron chi connectivity index (χ2n) is 4.11. The summed E-state index contributed by atoms with van der Waals surface area (Å²) in [4.78, 5) is 17.4. The average molecular weight is 229 g/mol. The maximum Gasteiger partial charge on any atom is 0.328 e. The van der Waals surface area contributed by atoms with Crippen LogP contribution in [0.3, 0.4) is 0 Å². The molecular weight excluding hydrogens is 214 g/mol. The molecule has 0 aliphatic rings. The number of imidazole rings is 1. The first-order valence-electron chi connectivity index (χ1n) is 5.45. The van der Waals surface area contributed by atoms with Crippen LogP contribution in [0.25, 0.3) is 0 Å². The van der Waals surface area contributed by atoms with Crippen molar-refractivity contribution >= 4 is 6.03 Å². The molecule has 0 bridgehead atoms. The Bertz CT molecular complexity index is 502. The Kier molecular flexibility index (Phi) is 3.23. The van der Waals surface area contributed by atoms with Crippen molar-refractivity contribution in [2.24, 2.45) is 0 Å². The third-order valence-corrected chi connectivity index (χ3v) is 2.47. The summed E-state index contributed by atoms with van der Waals surface area (Å²) in [5.41, 5.74) is 2.08. The van der Waals surface area contributed by atoms with E-state index in [-0.39, 0.29) is 6.03 Å². The number of rotatable bonds is 2. The standard InChI is InChI=1S/C13H15N3O/c1-15(2)13(17)16-9-12(14-10-16)8-11-6-4-3-5-7-11/h3-7,9-10H,8H2,1-2H3. The van der Waals surface area contributed by atoms with E-state index >= 15 is 0 Å². The predicted octanol–water partition coefficient (Wildman–Crippen LogP) is 2.00. The lowest BCUT2D eigenvalue weighted by Crippen LogP contribution is -2.26. The van der Waals surface area contributed by atoms with E-state index in [2.05, 4.69) is 4.98 Å². The van der Waals surface area contributed by atoms with Gasteiger partial charge in [0, 0.05) is 26.7 Å². The molecule has 0 unspecified atom stereocenters. The molecule has 4 nitrogen and oxygen atoms in total. The number of benzene rings is 1. The van der Waals surface area contributed by atoms with E-state index in [1.165, 1.54) is 15.0 Å². The quantitative estimate of drug-likeness (QED) is 0.790. The monoisotopic (exact) mass is 229 g/mol. The lowest BCUT2D eigenvalue weighted by molar-refractivity contribution is 0.219. The fourth-order valence-corrected chi connectivity index (χ4v) is 1.60. The zero-order valence-corrected chi connectivity index (χ0v) is 10.00. The highest BCUT2D eigenvalue weighted by atomic mass is 16.2. The molecule has 0 saturated carbocycles. The summed E-state index contributed by atoms with van der Waals surface area (Å²) in [6.07, 6.45) is 4.07. The average Bonchev–Trinajstić information content (AvgIpc) is 2.77. The van der Waals surface area contributed by atoms with E-state index in [4.69, 9.17) is 0 Å². The van der Waals surface area contributed by atoms with Gasteiger partial charge >= 0.3 is 6.03 Å². The molecule has 0 N–H and O–H groups in total. The first-order valence-corrected chi connectivity index (χ1v) is 5.45. The van der Waals surface area contributed by atoms with Crippen LogP contribution in [0.5, 0.6) is 0 Å². The third kappa shape index (κ3) is 2.72. The topological polar surface area (TPSA) is 38.1 Å². The van der Waals surface area contributed by atoms with Crippen molar-refractivity contribution in [3.63, 3.8) is 0 Å². The molecule has 0 aliphatic heterocycles. The van der Waals surface area contributed by atoms with Gasteiger partial charge in [-0.2, -0.15) is 0 Å². The van der Waals surface area contributed by atoms with Gasteiger partial charge in [0.1, 0.15) is 6.33 Å². The molecule has 0 fully saturated rings. The van der Waals surface area contributed by atoms with Crippen molar-refractivity contribution in [2.75, 3.05) is 14.1 Å². The lowest BCUT2D eigenvalue weighted by Gasteiger charge is -2.09. The number of nitrogens with zero attached hydrogens (tertiary/aromatic N) is 3. The smallest absolute Gasteiger partial charge is 0.328 e. The highest BCUT2D eigenvalue weighted by molar-refractivity contribution is 5.76. The van der Waals surface area contributed by atoms with Crippen LogP contribution in [0.4, 0.5) is 4.79 Å². The van der Waals surface area contributed by atoms with Gasteiger partial charge in [0.15, 0.2) is 0 Å². The van der Waals surface area contributed by atoms with E-state index in [1.54, 1.807) is 26.6 Å². The number of aromatic nitrogens is 2. The fraction of sp³-hybridized carbons (Fsp3) is 0.231. The van der Waals surface area contributed by atoms with Gasteiger partial charge in [0.25, 0.3) is 0 Å². The highest BCUT2D eigenvalue weighted by Gasteiger charge is 2.08. The molecule has 2 rings (SSSR count). The van der Waals surface area contributed by atoms with Crippen LogP contribution >= 0.6 is 0 Å². The summed E-state index contributed by atoms with van der Waals surface area (Å²) in [5, 5.41) is 0. The Morgan fingerprint density at radius 3 is 2.65 bits per heavy atom. The van der Waals surface area contributed by atoms with Crippen LogP contribution in [-0.2, 0) is 6.42 Å². The van der Waals surface area contributed by atoms with Crippen LogP contribution in [0.2, 0.25) is 0 Å². The van der Waals surface area contributed by atoms with Gasteiger partial charge in [0.05, 0.1) is 5.69 Å². The van der Waals surface area contributed by atoms with Crippen molar-refractivity contribution in [2.45, 2.75) is 6.42 Å². The van der Waals surface area contributed by atoms with E-state index < -0.39 is 0 Å². The van der Waals surface area contributed by atoms with Crippen molar-refractivity contribution in [3.8, 4) is 0 Å². The van der Waals surface area contributed by atoms with Gasteiger partial charge < -0.3 is 4.90 Å². The highest BCUT2D eigenvalue weighted by Crippen LogP contribution is 2.07. The third-order valence-electron chi connectivity index (χ3n) is 2.47. The lowest BCUT2D eigenvalue weighted by atomic mass is 10.1. The van der Waals surface area contributed by atoms with Crippen molar-refractivity contribution in [1.29, 1.82) is 0 Å². The first-order chi connectivity index (χ1) is 8.16. The fourth-order valence-electron chi connectivity index (χ4n) is 1.60. The van der Waals surface area contributed by atoms with Crippen molar-refractivity contribution < 1.29 is 4.79 Å². The SMILES string of the molecule is CN(C)C(=O)n1cnc(Cc2ccccc2)c1. The summed E-state index contributed by atoms with van der Waals surface area (Å²) in [7, 11) is 3.44. The number of carbonyl (C=O) groups is 1. The Balaban J connectivity index is 2.12. The summed E-state index contributed by atoms with van der Waals surface area (Å²) in [6.45, 7) is 0. The molecule has 1 aromatic carbocycles. The van der Waals surface area contributed by atoms with Crippen molar-refractivity contribution in [1.82, 2.24) is 14.5 Å². The Morgan fingerprint density at radius 1 is 1.29 bits per heavy atom.